The Labute approximate surface area is 166 Å². The Hall–Kier alpha value is -3.12. The van der Waals surface area contributed by atoms with Crippen LogP contribution in [-0.4, -0.2) is 23.1 Å². The molecule has 0 amide bonds. The third-order valence-electron chi connectivity index (χ3n) is 4.47. The van der Waals surface area contributed by atoms with E-state index >= 15 is 0 Å². The molecular weight excluding hydrogens is 372 g/mol. The van der Waals surface area contributed by atoms with Gasteiger partial charge < -0.3 is 9.47 Å². The van der Waals surface area contributed by atoms with E-state index in [-0.39, 0.29) is 5.56 Å². The molecule has 0 aliphatic rings. The summed E-state index contributed by atoms with van der Waals surface area (Å²) in [6.07, 6.45) is 4.35. The van der Waals surface area contributed by atoms with Crippen molar-refractivity contribution in [3.63, 3.8) is 0 Å². The van der Waals surface area contributed by atoms with Crippen LogP contribution in [0.15, 0.2) is 53.8 Å². The molecule has 0 spiro atoms. The van der Waals surface area contributed by atoms with Gasteiger partial charge in [-0.2, -0.15) is 0 Å². The maximum atomic E-state index is 13.0. The maximum Gasteiger partial charge on any atom is 0.274 e. The molecule has 2 aromatic heterocycles. The second-order valence-corrected chi connectivity index (χ2v) is 7.28. The minimum atomic E-state index is -0.0631. The summed E-state index contributed by atoms with van der Waals surface area (Å²) >= 11 is 1.38. The van der Waals surface area contributed by atoms with E-state index in [1.165, 1.54) is 11.3 Å². The number of para-hydroxylation sites is 2. The van der Waals surface area contributed by atoms with Crippen molar-refractivity contribution in [2.24, 2.45) is 0 Å². The third-order valence-corrected chi connectivity index (χ3v) is 5.44. The molecule has 5 nitrogen and oxygen atoms in total. The van der Waals surface area contributed by atoms with Crippen molar-refractivity contribution in [3.05, 3.63) is 75.1 Å². The number of allylic oxidation sites excluding steroid dienone is 1. The van der Waals surface area contributed by atoms with Crippen molar-refractivity contribution in [1.82, 2.24) is 9.38 Å². The summed E-state index contributed by atoms with van der Waals surface area (Å²) in [4.78, 5) is 18.2. The molecule has 0 N–H and O–H groups in total. The van der Waals surface area contributed by atoms with Gasteiger partial charge in [0.1, 0.15) is 0 Å². The largest absolute Gasteiger partial charge is 0.493 e. The molecule has 0 saturated carbocycles. The Balaban J connectivity index is 1.91. The van der Waals surface area contributed by atoms with Crippen molar-refractivity contribution < 1.29 is 9.47 Å². The van der Waals surface area contributed by atoms with Gasteiger partial charge in [0.25, 0.3) is 5.56 Å². The highest BCUT2D eigenvalue weighted by atomic mass is 32.1. The normalized spacial score (nSPS) is 12.0. The summed E-state index contributed by atoms with van der Waals surface area (Å²) in [5, 5.41) is 0. The fourth-order valence-electron chi connectivity index (χ4n) is 3.30. The second-order valence-electron chi connectivity index (χ2n) is 6.27. The molecule has 0 aliphatic heterocycles. The number of hydrogen-bond acceptors (Lipinski definition) is 5. The van der Waals surface area contributed by atoms with Crippen LogP contribution in [0.3, 0.4) is 0 Å². The molecule has 0 fully saturated rings. The lowest BCUT2D eigenvalue weighted by atomic mass is 10.1. The third kappa shape index (κ3) is 3.05. The highest BCUT2D eigenvalue weighted by Gasteiger charge is 2.13. The van der Waals surface area contributed by atoms with Gasteiger partial charge in [-0.1, -0.05) is 29.5 Å². The molecule has 0 atom stereocenters. The Bertz CT molecular complexity index is 1290. The van der Waals surface area contributed by atoms with Crippen LogP contribution in [0, 0.1) is 0 Å². The van der Waals surface area contributed by atoms with E-state index in [1.807, 2.05) is 55.5 Å². The van der Waals surface area contributed by atoms with Crippen LogP contribution < -0.4 is 19.6 Å². The van der Waals surface area contributed by atoms with Gasteiger partial charge in [0.2, 0.25) is 0 Å². The number of imidazole rings is 1. The zero-order chi connectivity index (χ0) is 19.7. The summed E-state index contributed by atoms with van der Waals surface area (Å²) in [5.74, 6) is 1.36. The molecule has 2 heterocycles. The Morgan fingerprint density at radius 3 is 2.86 bits per heavy atom. The number of thiazole rings is 1. The molecule has 6 heteroatoms. The van der Waals surface area contributed by atoms with Gasteiger partial charge in [-0.3, -0.25) is 4.79 Å². The summed E-state index contributed by atoms with van der Waals surface area (Å²) < 4.78 is 13.6. The lowest BCUT2D eigenvalue weighted by Gasteiger charge is -2.14. The first kappa shape index (κ1) is 18.3. The summed E-state index contributed by atoms with van der Waals surface area (Å²) in [5.41, 5.74) is 3.44. The van der Waals surface area contributed by atoms with Crippen LogP contribution in [0.2, 0.25) is 0 Å². The number of hydrogen-bond donors (Lipinski definition) is 0. The van der Waals surface area contributed by atoms with E-state index in [0.29, 0.717) is 28.3 Å². The fraction of sp³-hybridized carbons (Fsp3) is 0.182. The molecule has 0 unspecified atom stereocenters. The number of ether oxygens (including phenoxy) is 2. The van der Waals surface area contributed by atoms with Gasteiger partial charge >= 0.3 is 0 Å². The zero-order valence-corrected chi connectivity index (χ0v) is 16.6. The van der Waals surface area contributed by atoms with Gasteiger partial charge in [-0.05, 0) is 49.2 Å². The Kier molecular flexibility index (Phi) is 4.88. The molecule has 2 aromatic carbocycles. The lowest BCUT2D eigenvalue weighted by Crippen LogP contribution is -2.22. The van der Waals surface area contributed by atoms with Crippen molar-refractivity contribution in [3.8, 4) is 11.5 Å². The number of fused-ring (bicyclic) bond motifs is 3. The van der Waals surface area contributed by atoms with E-state index in [2.05, 4.69) is 11.6 Å². The first-order chi connectivity index (χ1) is 13.7. The number of aromatic nitrogens is 2. The van der Waals surface area contributed by atoms with E-state index in [1.54, 1.807) is 11.5 Å². The summed E-state index contributed by atoms with van der Waals surface area (Å²) in [6.45, 7) is 6.31. The molecule has 0 radical (unpaired) electrons. The van der Waals surface area contributed by atoms with Gasteiger partial charge in [-0.25, -0.2) is 9.38 Å². The van der Waals surface area contributed by atoms with Crippen molar-refractivity contribution in [2.45, 2.75) is 13.3 Å². The first-order valence-electron chi connectivity index (χ1n) is 9.02. The summed E-state index contributed by atoms with van der Waals surface area (Å²) in [6, 6.07) is 11.6. The molecule has 0 bridgehead atoms. The molecule has 4 rings (SSSR count). The average Bonchev–Trinajstić information content (AvgIpc) is 3.20. The number of nitrogens with zero attached hydrogens (tertiary/aromatic N) is 2. The van der Waals surface area contributed by atoms with Gasteiger partial charge in [-0.15, -0.1) is 6.58 Å². The highest BCUT2D eigenvalue weighted by Crippen LogP contribution is 2.34. The number of rotatable bonds is 6. The highest BCUT2D eigenvalue weighted by molar-refractivity contribution is 7.15. The standard InChI is InChI=1S/C22H20N2O3S/c1-4-8-15-11-14(12-18(26-3)20(15)27-5-2)13-19-21(25)24-17-10-7-6-9-16(17)23-22(24)28-19/h4,6-7,9-13H,1,5,8H2,2-3H3/b19-13-. The van der Waals surface area contributed by atoms with Crippen LogP contribution in [0.5, 0.6) is 11.5 Å². The molecule has 0 aliphatic carbocycles. The predicted octanol–water partition coefficient (Wildman–Crippen LogP) is 3.59. The van der Waals surface area contributed by atoms with Gasteiger partial charge in [0, 0.05) is 5.56 Å². The SMILES string of the molecule is C=CCc1cc(/C=c2\sc3nc4ccccc4n3c2=O)cc(OC)c1OCC. The van der Waals surface area contributed by atoms with E-state index in [9.17, 15) is 4.79 Å². The zero-order valence-electron chi connectivity index (χ0n) is 15.8. The molecule has 142 valence electrons. The fourth-order valence-corrected chi connectivity index (χ4v) is 4.28. The van der Waals surface area contributed by atoms with Gasteiger partial charge in [0.15, 0.2) is 16.5 Å². The van der Waals surface area contributed by atoms with Crippen LogP contribution in [0.1, 0.15) is 18.1 Å². The van der Waals surface area contributed by atoms with Crippen molar-refractivity contribution in [2.75, 3.05) is 13.7 Å². The minimum absolute atomic E-state index is 0.0631. The van der Waals surface area contributed by atoms with Crippen molar-refractivity contribution in [1.29, 1.82) is 0 Å². The monoisotopic (exact) mass is 392 g/mol. The summed E-state index contributed by atoms with van der Waals surface area (Å²) in [7, 11) is 1.61. The van der Waals surface area contributed by atoms with Crippen LogP contribution in [-0.2, 0) is 6.42 Å². The van der Waals surface area contributed by atoms with E-state index in [0.717, 1.165) is 27.9 Å². The van der Waals surface area contributed by atoms with Crippen LogP contribution >= 0.6 is 11.3 Å². The number of methoxy groups -OCH3 is 1. The maximum absolute atomic E-state index is 13.0. The second kappa shape index (κ2) is 7.48. The van der Waals surface area contributed by atoms with Crippen LogP contribution in [0.4, 0.5) is 0 Å². The topological polar surface area (TPSA) is 52.8 Å². The molecule has 0 saturated heterocycles. The Morgan fingerprint density at radius 1 is 1.29 bits per heavy atom. The van der Waals surface area contributed by atoms with E-state index < -0.39 is 0 Å². The van der Waals surface area contributed by atoms with Crippen LogP contribution in [0.25, 0.3) is 22.1 Å². The van der Waals surface area contributed by atoms with Crippen molar-refractivity contribution >= 4 is 33.4 Å². The quantitative estimate of drug-likeness (QED) is 0.471. The lowest BCUT2D eigenvalue weighted by molar-refractivity contribution is 0.308. The minimum Gasteiger partial charge on any atom is -0.493 e. The molecule has 4 aromatic rings. The smallest absolute Gasteiger partial charge is 0.274 e. The first-order valence-corrected chi connectivity index (χ1v) is 9.84. The molecule has 28 heavy (non-hydrogen) atoms. The Morgan fingerprint density at radius 2 is 2.11 bits per heavy atom. The average molecular weight is 392 g/mol. The van der Waals surface area contributed by atoms with E-state index in [4.69, 9.17) is 9.47 Å². The van der Waals surface area contributed by atoms with Gasteiger partial charge in [0.05, 0.1) is 29.3 Å². The molecular formula is C22H20N2O3S. The predicted molar refractivity (Wildman–Crippen MR) is 114 cm³/mol. The number of benzene rings is 2.